The molecule has 0 fully saturated rings. The fourth-order valence-electron chi connectivity index (χ4n) is 2.05. The third-order valence-corrected chi connectivity index (χ3v) is 4.25. The standard InChI is InChI=1S/C12H13ClN2OS/c13-6-5-11(16)15-12-9(7-14)8-3-1-2-4-10(8)17-12/h1-6H2,(H,15,16). The largest absolute Gasteiger partial charge is 0.317 e. The van der Waals surface area contributed by atoms with Crippen molar-refractivity contribution < 1.29 is 4.79 Å². The van der Waals surface area contributed by atoms with E-state index in [0.717, 1.165) is 24.8 Å². The van der Waals surface area contributed by atoms with E-state index in [4.69, 9.17) is 11.6 Å². The Morgan fingerprint density at radius 3 is 2.94 bits per heavy atom. The van der Waals surface area contributed by atoms with E-state index in [0.29, 0.717) is 16.4 Å². The lowest BCUT2D eigenvalue weighted by Gasteiger charge is -2.09. The minimum Gasteiger partial charge on any atom is -0.317 e. The second-order valence-electron chi connectivity index (χ2n) is 4.01. The van der Waals surface area contributed by atoms with Crippen LogP contribution in [0.3, 0.4) is 0 Å². The van der Waals surface area contributed by atoms with Crippen LogP contribution in [0.2, 0.25) is 0 Å². The number of nitrogens with zero attached hydrogens (tertiary/aromatic N) is 1. The monoisotopic (exact) mass is 268 g/mol. The highest BCUT2D eigenvalue weighted by Gasteiger charge is 2.21. The summed E-state index contributed by atoms with van der Waals surface area (Å²) in [6, 6.07) is 2.21. The molecule has 1 aliphatic carbocycles. The van der Waals surface area contributed by atoms with Crippen LogP contribution in [0, 0.1) is 11.3 Å². The van der Waals surface area contributed by atoms with Crippen molar-refractivity contribution in [1.82, 2.24) is 0 Å². The zero-order valence-electron chi connectivity index (χ0n) is 9.38. The molecule has 0 saturated heterocycles. The number of fused-ring (bicyclic) bond motifs is 1. The fourth-order valence-corrected chi connectivity index (χ4v) is 3.47. The first-order valence-electron chi connectivity index (χ1n) is 5.66. The molecule has 90 valence electrons. The van der Waals surface area contributed by atoms with E-state index >= 15 is 0 Å². The van der Waals surface area contributed by atoms with Crippen LogP contribution in [0.4, 0.5) is 5.00 Å². The first-order chi connectivity index (χ1) is 8.26. The van der Waals surface area contributed by atoms with E-state index in [1.165, 1.54) is 11.3 Å². The Kier molecular flexibility index (Phi) is 4.03. The van der Waals surface area contributed by atoms with E-state index in [1.807, 2.05) is 0 Å². The summed E-state index contributed by atoms with van der Waals surface area (Å²) in [5, 5.41) is 12.7. The van der Waals surface area contributed by atoms with Crippen LogP contribution in [0.1, 0.15) is 35.3 Å². The number of hydrogen-bond acceptors (Lipinski definition) is 3. The number of rotatable bonds is 3. The van der Waals surface area contributed by atoms with E-state index in [2.05, 4.69) is 11.4 Å². The summed E-state index contributed by atoms with van der Waals surface area (Å²) < 4.78 is 0. The number of thiophene rings is 1. The first-order valence-corrected chi connectivity index (χ1v) is 7.01. The second kappa shape index (κ2) is 5.52. The minimum absolute atomic E-state index is 0.116. The summed E-state index contributed by atoms with van der Waals surface area (Å²) in [4.78, 5) is 12.8. The van der Waals surface area contributed by atoms with Crippen molar-refractivity contribution in [3.8, 4) is 6.07 Å². The highest BCUT2D eigenvalue weighted by Crippen LogP contribution is 2.37. The predicted molar refractivity (Wildman–Crippen MR) is 69.6 cm³/mol. The molecule has 1 amide bonds. The van der Waals surface area contributed by atoms with Gasteiger partial charge in [0.1, 0.15) is 11.1 Å². The number of anilines is 1. The van der Waals surface area contributed by atoms with Crippen LogP contribution >= 0.6 is 22.9 Å². The molecular formula is C12H13ClN2OS. The molecule has 0 saturated carbocycles. The van der Waals surface area contributed by atoms with Crippen LogP contribution in [0.15, 0.2) is 0 Å². The van der Waals surface area contributed by atoms with Crippen molar-refractivity contribution >= 4 is 33.8 Å². The third kappa shape index (κ3) is 2.62. The summed E-state index contributed by atoms with van der Waals surface area (Å²) in [5.74, 6) is 0.189. The molecule has 17 heavy (non-hydrogen) atoms. The molecule has 0 atom stereocenters. The molecule has 3 nitrogen and oxygen atoms in total. The van der Waals surface area contributed by atoms with Crippen molar-refractivity contribution in [3.05, 3.63) is 16.0 Å². The van der Waals surface area contributed by atoms with Gasteiger partial charge in [-0.2, -0.15) is 5.26 Å². The molecule has 0 spiro atoms. The Labute approximate surface area is 109 Å². The maximum atomic E-state index is 11.5. The lowest BCUT2D eigenvalue weighted by atomic mass is 9.96. The van der Waals surface area contributed by atoms with Gasteiger partial charge in [0.15, 0.2) is 0 Å². The van der Waals surface area contributed by atoms with Crippen LogP contribution in [-0.4, -0.2) is 11.8 Å². The molecule has 1 aromatic rings. The molecule has 0 aliphatic heterocycles. The number of hydrogen-bond donors (Lipinski definition) is 1. The molecule has 5 heteroatoms. The summed E-state index contributed by atoms with van der Waals surface area (Å²) >= 11 is 7.06. The normalized spacial score (nSPS) is 13.9. The Bertz CT molecular complexity index is 476. The summed E-state index contributed by atoms with van der Waals surface area (Å²) in [6.07, 6.45) is 4.58. The fraction of sp³-hybridized carbons (Fsp3) is 0.500. The average molecular weight is 269 g/mol. The van der Waals surface area contributed by atoms with Crippen LogP contribution in [0.25, 0.3) is 0 Å². The number of carbonyl (C=O) groups is 1. The number of carbonyl (C=O) groups excluding carboxylic acids is 1. The molecule has 1 aliphatic rings. The maximum Gasteiger partial charge on any atom is 0.226 e. The lowest BCUT2D eigenvalue weighted by molar-refractivity contribution is -0.115. The molecule has 2 rings (SSSR count). The maximum absolute atomic E-state index is 11.5. The average Bonchev–Trinajstić information content (AvgIpc) is 2.66. The second-order valence-corrected chi connectivity index (χ2v) is 5.50. The third-order valence-electron chi connectivity index (χ3n) is 2.86. The number of amides is 1. The molecule has 1 N–H and O–H groups in total. The molecule has 1 heterocycles. The van der Waals surface area contributed by atoms with Gasteiger partial charge in [0, 0.05) is 17.2 Å². The zero-order valence-corrected chi connectivity index (χ0v) is 11.0. The van der Waals surface area contributed by atoms with E-state index in [1.54, 1.807) is 11.3 Å². The van der Waals surface area contributed by atoms with E-state index in [9.17, 15) is 10.1 Å². The smallest absolute Gasteiger partial charge is 0.226 e. The lowest BCUT2D eigenvalue weighted by Crippen LogP contribution is -2.11. The number of aryl methyl sites for hydroxylation is 1. The quantitative estimate of drug-likeness (QED) is 0.857. The SMILES string of the molecule is N#Cc1c(NC(=O)CCCl)sc2c1CCCC2. The van der Waals surface area contributed by atoms with Crippen molar-refractivity contribution in [2.24, 2.45) is 0 Å². The van der Waals surface area contributed by atoms with Gasteiger partial charge in [-0.25, -0.2) is 0 Å². The summed E-state index contributed by atoms with van der Waals surface area (Å²) in [5.41, 5.74) is 1.80. The summed E-state index contributed by atoms with van der Waals surface area (Å²) in [7, 11) is 0. The Morgan fingerprint density at radius 2 is 2.24 bits per heavy atom. The van der Waals surface area contributed by atoms with Gasteiger partial charge in [-0.1, -0.05) is 0 Å². The van der Waals surface area contributed by atoms with E-state index < -0.39 is 0 Å². The van der Waals surface area contributed by atoms with Crippen molar-refractivity contribution in [1.29, 1.82) is 5.26 Å². The van der Waals surface area contributed by atoms with Crippen LogP contribution < -0.4 is 5.32 Å². The zero-order chi connectivity index (χ0) is 12.3. The topological polar surface area (TPSA) is 52.9 Å². The molecule has 1 aromatic heterocycles. The molecule has 0 unspecified atom stereocenters. The number of alkyl halides is 1. The van der Waals surface area contributed by atoms with Crippen LogP contribution in [-0.2, 0) is 17.6 Å². The van der Waals surface area contributed by atoms with Gasteiger partial charge >= 0.3 is 0 Å². The highest BCUT2D eigenvalue weighted by atomic mass is 35.5. The number of halogens is 1. The van der Waals surface area contributed by atoms with Gasteiger partial charge in [-0.3, -0.25) is 4.79 Å². The van der Waals surface area contributed by atoms with Crippen molar-refractivity contribution in [2.75, 3.05) is 11.2 Å². The molecule has 0 radical (unpaired) electrons. The van der Waals surface area contributed by atoms with Crippen LogP contribution in [0.5, 0.6) is 0 Å². The van der Waals surface area contributed by atoms with Gasteiger partial charge in [-0.15, -0.1) is 22.9 Å². The van der Waals surface area contributed by atoms with Crippen molar-refractivity contribution in [2.45, 2.75) is 32.1 Å². The minimum atomic E-state index is -0.116. The predicted octanol–water partition coefficient (Wildman–Crippen LogP) is 3.07. The van der Waals surface area contributed by atoms with E-state index in [-0.39, 0.29) is 12.3 Å². The van der Waals surface area contributed by atoms with Crippen molar-refractivity contribution in [3.63, 3.8) is 0 Å². The van der Waals surface area contributed by atoms with Gasteiger partial charge in [-0.05, 0) is 31.2 Å². The summed E-state index contributed by atoms with van der Waals surface area (Å²) in [6.45, 7) is 0. The van der Waals surface area contributed by atoms with Gasteiger partial charge < -0.3 is 5.32 Å². The Hall–Kier alpha value is -1.05. The number of nitriles is 1. The van der Waals surface area contributed by atoms with Gasteiger partial charge in [0.05, 0.1) is 5.56 Å². The highest BCUT2D eigenvalue weighted by molar-refractivity contribution is 7.16. The first kappa shape index (κ1) is 12.4. The van der Waals surface area contributed by atoms with Gasteiger partial charge in [0.25, 0.3) is 0 Å². The Morgan fingerprint density at radius 1 is 1.47 bits per heavy atom. The molecule has 0 aromatic carbocycles. The number of nitrogens with one attached hydrogen (secondary N) is 1. The Balaban J connectivity index is 2.25. The van der Waals surface area contributed by atoms with Gasteiger partial charge in [0.2, 0.25) is 5.91 Å². The molecular weight excluding hydrogens is 256 g/mol. The molecule has 0 bridgehead atoms.